The highest BCUT2D eigenvalue weighted by atomic mass is 16.6. The van der Waals surface area contributed by atoms with E-state index in [1.165, 1.54) is 48.2 Å². The molecule has 0 fully saturated rings. The molecule has 0 spiro atoms. The number of aromatic hydroxyl groups is 1. The van der Waals surface area contributed by atoms with Crippen molar-refractivity contribution in [3.8, 4) is 5.75 Å². The minimum atomic E-state index is -1.51. The van der Waals surface area contributed by atoms with Gasteiger partial charge >= 0.3 is 29.6 Å². The number of phenolic OH excluding ortho intramolecular Hbond substituents is 1. The summed E-state index contributed by atoms with van der Waals surface area (Å²) in [4.78, 5) is 90.4. The number of carbonyl (C=O) groups is 4. The van der Waals surface area contributed by atoms with Crippen molar-refractivity contribution in [2.24, 2.45) is 0 Å². The predicted molar refractivity (Wildman–Crippen MR) is 310 cm³/mol. The fourth-order valence-corrected chi connectivity index (χ4v) is 8.56. The molecule has 4 aromatic rings. The van der Waals surface area contributed by atoms with E-state index in [1.54, 1.807) is 94.4 Å². The van der Waals surface area contributed by atoms with Gasteiger partial charge < -0.3 is 43.4 Å². The number of esters is 4. The highest BCUT2D eigenvalue weighted by molar-refractivity contribution is 5.80. The van der Waals surface area contributed by atoms with Gasteiger partial charge in [0.05, 0.1) is 64.9 Å². The van der Waals surface area contributed by atoms with E-state index in [1.807, 2.05) is 41.5 Å². The lowest BCUT2D eigenvalue weighted by molar-refractivity contribution is -0.386. The van der Waals surface area contributed by atoms with Crippen molar-refractivity contribution in [1.82, 2.24) is 0 Å². The molecule has 4 atom stereocenters. The Morgan fingerprint density at radius 2 is 0.595 bits per heavy atom. The molecule has 464 valence electrons. The number of rotatable bonds is 15. The van der Waals surface area contributed by atoms with Crippen LogP contribution in [0.1, 0.15) is 170 Å². The Kier molecular flexibility index (Phi) is 26.4. The van der Waals surface area contributed by atoms with Gasteiger partial charge in [0.1, 0.15) is 0 Å². The van der Waals surface area contributed by atoms with Crippen LogP contribution in [0.4, 0.5) is 22.7 Å². The number of nitro benzene ring substituents is 4. The zero-order valence-corrected chi connectivity index (χ0v) is 52.6. The summed E-state index contributed by atoms with van der Waals surface area (Å²) >= 11 is 0. The first kappa shape index (κ1) is 74.0. The number of aliphatic hydroxyl groups is 1. The van der Waals surface area contributed by atoms with Crippen LogP contribution in [0.2, 0.25) is 0 Å². The number of ether oxygens (including phenoxy) is 7. The number of nitrogens with zero attached hydrogens (tertiary/aromatic N) is 4. The zero-order chi connectivity index (χ0) is 65.8. The smallest absolute Gasteiger partial charge is 0.339 e. The van der Waals surface area contributed by atoms with Crippen molar-refractivity contribution < 1.29 is 82.2 Å². The average Bonchev–Trinajstić information content (AvgIpc) is 2.32. The lowest BCUT2D eigenvalue weighted by atomic mass is 9.94. The van der Waals surface area contributed by atoms with Crippen molar-refractivity contribution in [2.45, 2.75) is 180 Å². The van der Waals surface area contributed by atoms with E-state index >= 15 is 0 Å². The minimum Gasteiger partial charge on any atom is -0.502 e. The van der Waals surface area contributed by atoms with Crippen LogP contribution in [0.3, 0.4) is 0 Å². The van der Waals surface area contributed by atoms with Crippen molar-refractivity contribution >= 4 is 46.6 Å². The fourth-order valence-electron chi connectivity index (χ4n) is 8.56. The van der Waals surface area contributed by atoms with Crippen LogP contribution in [-0.2, 0) is 52.3 Å². The van der Waals surface area contributed by atoms with Crippen LogP contribution in [0.5, 0.6) is 5.75 Å². The molecule has 25 heteroatoms. The Labute approximate surface area is 489 Å². The number of benzene rings is 4. The first-order valence-electron chi connectivity index (χ1n) is 26.0. The lowest BCUT2D eigenvalue weighted by Gasteiger charge is -2.27. The molecule has 0 aromatic heterocycles. The normalized spacial score (nSPS) is 12.7. The molecule has 0 unspecified atom stereocenters. The topological polar surface area (TPSA) is 346 Å². The zero-order valence-electron chi connectivity index (χ0n) is 52.6. The van der Waals surface area contributed by atoms with Gasteiger partial charge in [0, 0.05) is 61.2 Å². The number of nitro groups is 4. The summed E-state index contributed by atoms with van der Waals surface area (Å²) in [5.41, 5.74) is 4.53. The highest BCUT2D eigenvalue weighted by Gasteiger charge is 2.37. The molecule has 4 rings (SSSR count). The maximum Gasteiger partial charge on any atom is 0.339 e. The molecule has 2 N–H and O–H groups in total. The SMILES string of the molecule is COC(=O)[C@@H](O)c1cc(C)c(C)c([N+](=O)[O-])c1C.COC(=O)[C@@H](OC(C)(C)C)c1cc(C)c(C)c([N+](=O)[O-])c1C.COC(=O)[C@@H](OC(C)(C)C)c1cc(C)c(C)c([N+](=O)[O-])c1C.COC(=O)[C@@H](OC(C)(C)C)c1cc(C)c(O)c([N+](=O)[O-])c1C. The van der Waals surface area contributed by atoms with Crippen LogP contribution < -0.4 is 0 Å². The van der Waals surface area contributed by atoms with E-state index in [2.05, 4.69) is 4.74 Å². The van der Waals surface area contributed by atoms with E-state index in [-0.39, 0.29) is 33.8 Å². The van der Waals surface area contributed by atoms with E-state index in [9.17, 15) is 69.8 Å². The summed E-state index contributed by atoms with van der Waals surface area (Å²) in [6.45, 7) is 34.2. The molecule has 0 radical (unpaired) electrons. The molecule has 0 aliphatic rings. The molecular weight excluding hydrogens is 1100 g/mol. The number of phenols is 1. The van der Waals surface area contributed by atoms with Crippen LogP contribution in [0, 0.1) is 117 Å². The second-order valence-corrected chi connectivity index (χ2v) is 22.6. The summed E-state index contributed by atoms with van der Waals surface area (Å²) in [7, 11) is 4.91. The standard InChI is InChI=1S/2C16H23NO5.C15H21NO6.C12H15NO5/c2*1-9-8-12(11(3)13(10(9)2)17(19)20)14(15(18)21-7)22-16(4,5)6;1-8-7-10(9(2)11(12(8)17)16(19)20)13(14(18)21-6)22-15(3,4)5;1-6-5-9(11(14)12(15)18-4)8(3)10(7(6)2)13(16)17/h2*8,14H,1-7H3;7,13,17H,1-6H3;5,11,14H,1-4H3/t2*14-;13-;11-/m0000/s1. The van der Waals surface area contributed by atoms with E-state index < -0.39 is 96.2 Å². The van der Waals surface area contributed by atoms with Crippen LogP contribution in [0.25, 0.3) is 0 Å². The molecular formula is C59H82N4O21. The van der Waals surface area contributed by atoms with Gasteiger partial charge in [-0.25, -0.2) is 19.2 Å². The van der Waals surface area contributed by atoms with Crippen LogP contribution in [0.15, 0.2) is 24.3 Å². The molecule has 0 amide bonds. The molecule has 4 aromatic carbocycles. The number of hydrogen-bond donors (Lipinski definition) is 2. The Morgan fingerprint density at radius 3 is 0.821 bits per heavy atom. The Morgan fingerprint density at radius 1 is 0.381 bits per heavy atom. The number of carbonyl (C=O) groups excluding carboxylic acids is 4. The molecule has 0 bridgehead atoms. The third-order valence-corrected chi connectivity index (χ3v) is 13.0. The number of hydrogen-bond acceptors (Lipinski definition) is 21. The fraction of sp³-hybridized carbons (Fsp3) is 0.525. The first-order valence-corrected chi connectivity index (χ1v) is 26.0. The van der Waals surface area contributed by atoms with Gasteiger partial charge in [-0.15, -0.1) is 0 Å². The Balaban J connectivity index is 0.000000562. The summed E-state index contributed by atoms with van der Waals surface area (Å²) in [5, 5.41) is 64.6. The average molecular weight is 1180 g/mol. The second kappa shape index (κ2) is 30.0. The van der Waals surface area contributed by atoms with Gasteiger partial charge in [-0.1, -0.05) is 18.2 Å². The van der Waals surface area contributed by atoms with Gasteiger partial charge in [-0.2, -0.15) is 0 Å². The van der Waals surface area contributed by atoms with Crippen LogP contribution in [-0.4, -0.2) is 99.0 Å². The van der Waals surface area contributed by atoms with Gasteiger partial charge in [0.15, 0.2) is 30.2 Å². The van der Waals surface area contributed by atoms with E-state index in [4.69, 9.17) is 28.4 Å². The number of aryl methyl sites for hydroxylation is 4. The first-order chi connectivity index (χ1) is 38.3. The highest BCUT2D eigenvalue weighted by Crippen LogP contribution is 2.41. The summed E-state index contributed by atoms with van der Waals surface area (Å²) in [6, 6.07) is 6.58. The monoisotopic (exact) mass is 1180 g/mol. The number of aliphatic hydroxyl groups excluding tert-OH is 1. The summed E-state index contributed by atoms with van der Waals surface area (Å²) < 4.78 is 36.1. The molecule has 84 heavy (non-hydrogen) atoms. The van der Waals surface area contributed by atoms with Crippen LogP contribution >= 0.6 is 0 Å². The second-order valence-electron chi connectivity index (χ2n) is 22.6. The van der Waals surface area contributed by atoms with Crippen molar-refractivity contribution in [1.29, 1.82) is 0 Å². The van der Waals surface area contributed by atoms with Gasteiger partial charge in [0.2, 0.25) is 0 Å². The third-order valence-electron chi connectivity index (χ3n) is 13.0. The van der Waals surface area contributed by atoms with E-state index in [0.29, 0.717) is 55.6 Å². The molecule has 0 saturated heterocycles. The lowest BCUT2D eigenvalue weighted by Crippen LogP contribution is -2.29. The summed E-state index contributed by atoms with van der Waals surface area (Å²) in [6.07, 6.45) is -4.61. The maximum absolute atomic E-state index is 12.1. The molecule has 0 aliphatic carbocycles. The Bertz CT molecular complexity index is 2890. The van der Waals surface area contributed by atoms with Gasteiger partial charge in [-0.3, -0.25) is 40.5 Å². The van der Waals surface area contributed by atoms with Gasteiger partial charge in [-0.05, 0) is 167 Å². The minimum absolute atomic E-state index is 0.0152. The Hall–Kier alpha value is -8.00. The largest absolute Gasteiger partial charge is 0.502 e. The van der Waals surface area contributed by atoms with E-state index in [0.717, 1.165) is 18.2 Å². The van der Waals surface area contributed by atoms with Crippen molar-refractivity contribution in [2.75, 3.05) is 28.4 Å². The quantitative estimate of drug-likeness (QED) is 0.0483. The van der Waals surface area contributed by atoms with Gasteiger partial charge in [0.25, 0.3) is 17.1 Å². The molecule has 0 heterocycles. The third kappa shape index (κ3) is 19.3. The van der Waals surface area contributed by atoms with Crippen molar-refractivity contribution in [3.05, 3.63) is 148 Å². The molecule has 25 nitrogen and oxygen atoms in total. The summed E-state index contributed by atoms with van der Waals surface area (Å²) in [5.74, 6) is -3.05. The molecule has 0 aliphatic heterocycles. The predicted octanol–water partition coefficient (Wildman–Crippen LogP) is 11.8. The number of methoxy groups -OCH3 is 4. The van der Waals surface area contributed by atoms with Crippen molar-refractivity contribution in [3.63, 3.8) is 0 Å². The maximum atomic E-state index is 12.1. The molecule has 0 saturated carbocycles.